The molecule has 0 amide bonds. The SMILES string of the molecule is C=CC1(C)CCC2C(=CCC3C2(C)CCC(OC(C)=O)C3(C)C(=O)O)C1. The largest absolute Gasteiger partial charge is 0.481 e. The maximum atomic E-state index is 12.3. The van der Waals surface area contributed by atoms with Gasteiger partial charge in [-0.2, -0.15) is 0 Å². The van der Waals surface area contributed by atoms with Gasteiger partial charge in [0.1, 0.15) is 11.5 Å². The molecule has 0 aromatic heterocycles. The van der Waals surface area contributed by atoms with Gasteiger partial charge in [-0.15, -0.1) is 6.58 Å². The highest BCUT2D eigenvalue weighted by Crippen LogP contribution is 2.64. The maximum absolute atomic E-state index is 12.3. The quantitative estimate of drug-likeness (QED) is 0.583. The Morgan fingerprint density at radius 3 is 2.54 bits per heavy atom. The molecule has 6 unspecified atom stereocenters. The molecule has 0 aromatic carbocycles. The maximum Gasteiger partial charge on any atom is 0.313 e. The van der Waals surface area contributed by atoms with Crippen LogP contribution in [0.3, 0.4) is 0 Å². The fraction of sp³-hybridized carbons (Fsp3) is 0.727. The molecule has 1 N–H and O–H groups in total. The highest BCUT2D eigenvalue weighted by molar-refractivity contribution is 5.77. The van der Waals surface area contributed by atoms with Crippen LogP contribution in [0.25, 0.3) is 0 Å². The Balaban J connectivity index is 1.99. The minimum absolute atomic E-state index is 0.0209. The smallest absolute Gasteiger partial charge is 0.313 e. The first-order chi connectivity index (χ1) is 12.1. The number of carboxylic acids is 1. The van der Waals surface area contributed by atoms with Crippen molar-refractivity contribution in [2.24, 2.45) is 28.1 Å². The summed E-state index contributed by atoms with van der Waals surface area (Å²) in [7, 11) is 0. The first-order valence-corrected chi connectivity index (χ1v) is 9.80. The van der Waals surface area contributed by atoms with Crippen molar-refractivity contribution in [1.29, 1.82) is 0 Å². The van der Waals surface area contributed by atoms with Crippen molar-refractivity contribution in [3.63, 3.8) is 0 Å². The average molecular weight is 360 g/mol. The summed E-state index contributed by atoms with van der Waals surface area (Å²) in [5.74, 6) is -0.834. The number of carbonyl (C=O) groups excluding carboxylic acids is 1. The van der Waals surface area contributed by atoms with Crippen LogP contribution < -0.4 is 0 Å². The molecular formula is C22H32O4. The van der Waals surface area contributed by atoms with Crippen molar-refractivity contribution in [3.05, 3.63) is 24.3 Å². The molecule has 4 nitrogen and oxygen atoms in total. The van der Waals surface area contributed by atoms with E-state index in [0.29, 0.717) is 12.3 Å². The third kappa shape index (κ3) is 2.73. The van der Waals surface area contributed by atoms with E-state index in [1.54, 1.807) is 6.92 Å². The summed E-state index contributed by atoms with van der Waals surface area (Å²) in [6, 6.07) is 0. The monoisotopic (exact) mass is 360 g/mol. The predicted octanol–water partition coefficient (Wildman–Crippen LogP) is 4.75. The van der Waals surface area contributed by atoms with Gasteiger partial charge in [0.2, 0.25) is 0 Å². The minimum atomic E-state index is -1.04. The van der Waals surface area contributed by atoms with Gasteiger partial charge in [0.15, 0.2) is 0 Å². The van der Waals surface area contributed by atoms with E-state index in [-0.39, 0.29) is 16.7 Å². The Labute approximate surface area is 156 Å². The normalized spacial score (nSPS) is 44.9. The Hall–Kier alpha value is -1.58. The second-order valence-electron chi connectivity index (χ2n) is 9.42. The molecule has 0 bridgehead atoms. The van der Waals surface area contributed by atoms with Gasteiger partial charge in [0.25, 0.3) is 0 Å². The van der Waals surface area contributed by atoms with Gasteiger partial charge in [0.05, 0.1) is 0 Å². The number of allylic oxidation sites excluding steroid dienone is 3. The van der Waals surface area contributed by atoms with Crippen LogP contribution in [-0.2, 0) is 14.3 Å². The van der Waals surface area contributed by atoms with Gasteiger partial charge in [-0.3, -0.25) is 9.59 Å². The molecule has 3 aliphatic carbocycles. The molecule has 0 radical (unpaired) electrons. The second kappa shape index (κ2) is 6.24. The Bertz CT molecular complexity index is 665. The lowest BCUT2D eigenvalue weighted by Gasteiger charge is -2.60. The van der Waals surface area contributed by atoms with Crippen molar-refractivity contribution < 1.29 is 19.4 Å². The van der Waals surface area contributed by atoms with Gasteiger partial charge >= 0.3 is 11.9 Å². The third-order valence-electron chi connectivity index (χ3n) is 7.87. The van der Waals surface area contributed by atoms with E-state index in [1.165, 1.54) is 12.5 Å². The molecular weight excluding hydrogens is 328 g/mol. The molecule has 6 atom stereocenters. The van der Waals surface area contributed by atoms with E-state index in [4.69, 9.17) is 4.74 Å². The van der Waals surface area contributed by atoms with Gasteiger partial charge in [-0.05, 0) is 68.1 Å². The van der Waals surface area contributed by atoms with E-state index in [1.807, 2.05) is 0 Å². The van der Waals surface area contributed by atoms with Crippen LogP contribution >= 0.6 is 0 Å². The van der Waals surface area contributed by atoms with E-state index in [9.17, 15) is 14.7 Å². The Kier molecular flexibility index (Phi) is 4.61. The number of ether oxygens (including phenoxy) is 1. The van der Waals surface area contributed by atoms with E-state index in [2.05, 4.69) is 32.6 Å². The molecule has 26 heavy (non-hydrogen) atoms. The lowest BCUT2D eigenvalue weighted by Crippen LogP contribution is -2.60. The molecule has 4 heteroatoms. The average Bonchev–Trinajstić information content (AvgIpc) is 2.57. The van der Waals surface area contributed by atoms with E-state index >= 15 is 0 Å². The second-order valence-corrected chi connectivity index (χ2v) is 9.42. The van der Waals surface area contributed by atoms with Crippen LogP contribution in [0, 0.1) is 28.1 Å². The summed E-state index contributed by atoms with van der Waals surface area (Å²) in [4.78, 5) is 23.9. The van der Waals surface area contributed by atoms with E-state index in [0.717, 1.165) is 32.1 Å². The van der Waals surface area contributed by atoms with Crippen LogP contribution in [0.4, 0.5) is 0 Å². The molecule has 2 saturated carbocycles. The topological polar surface area (TPSA) is 63.6 Å². The molecule has 0 aromatic rings. The minimum Gasteiger partial charge on any atom is -0.481 e. The number of hydrogen-bond donors (Lipinski definition) is 1. The van der Waals surface area contributed by atoms with Crippen molar-refractivity contribution >= 4 is 11.9 Å². The van der Waals surface area contributed by atoms with Gasteiger partial charge in [-0.25, -0.2) is 0 Å². The molecule has 3 rings (SSSR count). The molecule has 0 heterocycles. The number of esters is 1. The summed E-state index contributed by atoms with van der Waals surface area (Å²) >= 11 is 0. The van der Waals surface area contributed by atoms with Crippen LogP contribution in [0.15, 0.2) is 24.3 Å². The van der Waals surface area contributed by atoms with Gasteiger partial charge in [-0.1, -0.05) is 31.6 Å². The van der Waals surface area contributed by atoms with Crippen LogP contribution in [0.1, 0.15) is 66.2 Å². The number of carbonyl (C=O) groups is 2. The zero-order valence-electron chi connectivity index (χ0n) is 16.5. The lowest BCUT2D eigenvalue weighted by atomic mass is 9.45. The number of rotatable bonds is 3. The summed E-state index contributed by atoms with van der Waals surface area (Å²) in [6.07, 6.45) is 9.30. The number of carboxylic acid groups (broad SMARTS) is 1. The standard InChI is InChI=1S/C22H32O4/c1-6-20(3)11-9-16-15(13-20)7-8-17-21(16,4)12-10-18(26-14(2)23)22(17,5)19(24)25/h6-7,16-18H,1,8-13H2,2-5H3,(H,24,25). The first-order valence-electron chi connectivity index (χ1n) is 9.80. The van der Waals surface area contributed by atoms with Crippen molar-refractivity contribution in [1.82, 2.24) is 0 Å². The first kappa shape index (κ1) is 19.2. The number of fused-ring (bicyclic) bond motifs is 3. The highest BCUT2D eigenvalue weighted by Gasteiger charge is 2.62. The highest BCUT2D eigenvalue weighted by atomic mass is 16.5. The van der Waals surface area contributed by atoms with Crippen molar-refractivity contribution in [2.75, 3.05) is 0 Å². The summed E-state index contributed by atoms with van der Waals surface area (Å²) in [5, 5.41) is 10.1. The molecule has 3 aliphatic rings. The summed E-state index contributed by atoms with van der Waals surface area (Å²) in [5.41, 5.74) is 0.531. The number of hydrogen-bond acceptors (Lipinski definition) is 3. The van der Waals surface area contributed by atoms with Crippen molar-refractivity contribution in [2.45, 2.75) is 72.3 Å². The van der Waals surface area contributed by atoms with Crippen molar-refractivity contribution in [3.8, 4) is 0 Å². The third-order valence-corrected chi connectivity index (χ3v) is 7.87. The Morgan fingerprint density at radius 1 is 1.27 bits per heavy atom. The van der Waals surface area contributed by atoms with E-state index < -0.39 is 23.5 Å². The Morgan fingerprint density at radius 2 is 1.96 bits per heavy atom. The summed E-state index contributed by atoms with van der Waals surface area (Å²) < 4.78 is 5.49. The lowest BCUT2D eigenvalue weighted by molar-refractivity contribution is -0.193. The molecule has 144 valence electrons. The molecule has 0 spiro atoms. The summed E-state index contributed by atoms with van der Waals surface area (Å²) in [6.45, 7) is 11.7. The number of aliphatic carboxylic acids is 1. The fourth-order valence-corrected chi connectivity index (χ4v) is 6.17. The zero-order chi connectivity index (χ0) is 19.3. The predicted molar refractivity (Wildman–Crippen MR) is 100 cm³/mol. The molecule has 2 fully saturated rings. The van der Waals surface area contributed by atoms with Gasteiger partial charge < -0.3 is 9.84 Å². The fourth-order valence-electron chi connectivity index (χ4n) is 6.17. The van der Waals surface area contributed by atoms with Crippen LogP contribution in [0.5, 0.6) is 0 Å². The molecule has 0 aliphatic heterocycles. The van der Waals surface area contributed by atoms with Crippen LogP contribution in [0.2, 0.25) is 0 Å². The van der Waals surface area contributed by atoms with Gasteiger partial charge in [0, 0.05) is 6.92 Å². The van der Waals surface area contributed by atoms with Crippen LogP contribution in [-0.4, -0.2) is 23.1 Å². The zero-order valence-corrected chi connectivity index (χ0v) is 16.5. The molecule has 0 saturated heterocycles.